The zero-order valence-electron chi connectivity index (χ0n) is 10.2. The third kappa shape index (κ3) is 1.64. The third-order valence-electron chi connectivity index (χ3n) is 3.25. The second-order valence-electron chi connectivity index (χ2n) is 4.76. The van der Waals surface area contributed by atoms with Crippen molar-refractivity contribution in [2.24, 2.45) is 0 Å². The van der Waals surface area contributed by atoms with E-state index in [1.807, 2.05) is 0 Å². The van der Waals surface area contributed by atoms with Crippen molar-refractivity contribution in [2.75, 3.05) is 0 Å². The molecular weight excluding hydrogens is 212 g/mol. The Morgan fingerprint density at radius 1 is 1.24 bits per heavy atom. The minimum atomic E-state index is 0.410. The lowest BCUT2D eigenvalue weighted by Gasteiger charge is -2.08. The highest BCUT2D eigenvalue weighted by Gasteiger charge is 2.24. The smallest absolute Gasteiger partial charge is 0.116 e. The van der Waals surface area contributed by atoms with Crippen LogP contribution in [0.4, 0.5) is 0 Å². The number of nitrogens with zero attached hydrogens (tertiary/aromatic N) is 4. The average Bonchev–Trinajstić information content (AvgIpc) is 2.90. The van der Waals surface area contributed by atoms with Gasteiger partial charge in [-0.1, -0.05) is 0 Å². The molecule has 0 fully saturated rings. The first-order valence-electron chi connectivity index (χ1n) is 6.14. The van der Waals surface area contributed by atoms with Crippen molar-refractivity contribution in [3.05, 3.63) is 29.8 Å². The Morgan fingerprint density at radius 3 is 2.82 bits per heavy atom. The van der Waals surface area contributed by atoms with E-state index < -0.39 is 0 Å². The van der Waals surface area contributed by atoms with Gasteiger partial charge in [0.2, 0.25) is 0 Å². The molecule has 4 heteroatoms. The van der Waals surface area contributed by atoms with Crippen molar-refractivity contribution >= 4 is 0 Å². The number of hydrogen-bond donors (Lipinski definition) is 0. The van der Waals surface area contributed by atoms with Gasteiger partial charge in [0.05, 0.1) is 6.20 Å². The summed E-state index contributed by atoms with van der Waals surface area (Å²) in [5.74, 6) is 0. The Hall–Kier alpha value is -1.71. The first-order chi connectivity index (χ1) is 8.27. The minimum absolute atomic E-state index is 0.410. The summed E-state index contributed by atoms with van der Waals surface area (Å²) in [6.45, 7) is 4.35. The molecule has 2 heterocycles. The average molecular weight is 228 g/mol. The van der Waals surface area contributed by atoms with Gasteiger partial charge in [0, 0.05) is 29.7 Å². The van der Waals surface area contributed by atoms with Crippen molar-refractivity contribution < 1.29 is 0 Å². The second kappa shape index (κ2) is 3.95. The maximum Gasteiger partial charge on any atom is 0.116 e. The van der Waals surface area contributed by atoms with Gasteiger partial charge >= 0.3 is 0 Å². The van der Waals surface area contributed by atoms with Crippen molar-refractivity contribution in [3.63, 3.8) is 0 Å². The molecule has 17 heavy (non-hydrogen) atoms. The molecule has 0 spiro atoms. The molecule has 0 unspecified atom stereocenters. The first-order valence-corrected chi connectivity index (χ1v) is 6.14. The van der Waals surface area contributed by atoms with Gasteiger partial charge in [-0.3, -0.25) is 14.6 Å². The second-order valence-corrected chi connectivity index (χ2v) is 4.76. The number of hydrogen-bond acceptors (Lipinski definition) is 3. The first kappa shape index (κ1) is 10.4. The summed E-state index contributed by atoms with van der Waals surface area (Å²) in [5, 5.41) is 4.72. The van der Waals surface area contributed by atoms with Crippen LogP contribution in [0.1, 0.15) is 37.6 Å². The summed E-state index contributed by atoms with van der Waals surface area (Å²) in [6, 6.07) is 0.410. The lowest BCUT2D eigenvalue weighted by molar-refractivity contribution is 0.511. The van der Waals surface area contributed by atoms with Crippen LogP contribution in [0.3, 0.4) is 0 Å². The molecule has 4 nitrogen and oxygen atoms in total. The molecule has 1 aliphatic rings. The zero-order chi connectivity index (χ0) is 11.8. The summed E-state index contributed by atoms with van der Waals surface area (Å²) in [4.78, 5) is 8.49. The molecule has 3 rings (SSSR count). The largest absolute Gasteiger partial charge is 0.266 e. The topological polar surface area (TPSA) is 43.6 Å². The molecule has 0 bridgehead atoms. The summed E-state index contributed by atoms with van der Waals surface area (Å²) in [6.07, 6.45) is 8.71. The minimum Gasteiger partial charge on any atom is -0.266 e. The molecule has 0 atom stereocenters. The van der Waals surface area contributed by atoms with E-state index in [-0.39, 0.29) is 0 Å². The van der Waals surface area contributed by atoms with Gasteiger partial charge in [0.15, 0.2) is 0 Å². The van der Waals surface area contributed by atoms with E-state index in [4.69, 9.17) is 5.10 Å². The molecule has 88 valence electrons. The van der Waals surface area contributed by atoms with Crippen LogP contribution in [0.5, 0.6) is 0 Å². The SMILES string of the molecule is CC(C)n1nc(-c2cnccn2)c2c1CCC2. The van der Waals surface area contributed by atoms with E-state index in [1.165, 1.54) is 17.7 Å². The van der Waals surface area contributed by atoms with Crippen LogP contribution in [0.2, 0.25) is 0 Å². The Bertz CT molecular complexity index is 528. The lowest BCUT2D eigenvalue weighted by atomic mass is 10.1. The Labute approximate surface area is 101 Å². The summed E-state index contributed by atoms with van der Waals surface area (Å²) >= 11 is 0. The van der Waals surface area contributed by atoms with Crippen LogP contribution in [-0.2, 0) is 12.8 Å². The predicted octanol–water partition coefficient (Wildman–Crippen LogP) is 2.41. The summed E-state index contributed by atoms with van der Waals surface area (Å²) in [5.41, 5.74) is 4.68. The monoisotopic (exact) mass is 228 g/mol. The van der Waals surface area contributed by atoms with E-state index in [0.717, 1.165) is 24.2 Å². The van der Waals surface area contributed by atoms with Gasteiger partial charge in [0.1, 0.15) is 11.4 Å². The molecule has 0 saturated heterocycles. The maximum atomic E-state index is 4.72. The van der Waals surface area contributed by atoms with Crippen LogP contribution < -0.4 is 0 Å². The fourth-order valence-electron chi connectivity index (χ4n) is 2.52. The third-order valence-corrected chi connectivity index (χ3v) is 3.25. The normalized spacial score (nSPS) is 14.3. The highest BCUT2D eigenvalue weighted by Crippen LogP contribution is 2.32. The molecular formula is C13H16N4. The highest BCUT2D eigenvalue weighted by atomic mass is 15.3. The van der Waals surface area contributed by atoms with E-state index in [0.29, 0.717) is 6.04 Å². The van der Waals surface area contributed by atoms with Gasteiger partial charge in [-0.2, -0.15) is 5.10 Å². The van der Waals surface area contributed by atoms with Gasteiger partial charge in [-0.25, -0.2) is 0 Å². The molecule has 2 aromatic heterocycles. The standard InChI is InChI=1S/C13H16N4/c1-9(2)17-12-5-3-4-10(12)13(16-17)11-8-14-6-7-15-11/h6-9H,3-5H2,1-2H3. The van der Waals surface area contributed by atoms with Crippen molar-refractivity contribution in [2.45, 2.75) is 39.2 Å². The van der Waals surface area contributed by atoms with Crippen molar-refractivity contribution in [3.8, 4) is 11.4 Å². The molecule has 0 radical (unpaired) electrons. The Morgan fingerprint density at radius 2 is 2.12 bits per heavy atom. The van der Waals surface area contributed by atoms with Gasteiger partial charge in [-0.15, -0.1) is 0 Å². The maximum absolute atomic E-state index is 4.72. The van der Waals surface area contributed by atoms with Crippen LogP contribution >= 0.6 is 0 Å². The number of aromatic nitrogens is 4. The molecule has 0 saturated carbocycles. The number of rotatable bonds is 2. The lowest BCUT2D eigenvalue weighted by Crippen LogP contribution is -2.06. The fourth-order valence-corrected chi connectivity index (χ4v) is 2.52. The summed E-state index contributed by atoms with van der Waals surface area (Å²) in [7, 11) is 0. The zero-order valence-corrected chi connectivity index (χ0v) is 10.2. The fraction of sp³-hybridized carbons (Fsp3) is 0.462. The van der Waals surface area contributed by atoms with Crippen molar-refractivity contribution in [1.82, 2.24) is 19.7 Å². The molecule has 0 amide bonds. The molecule has 0 aromatic carbocycles. The van der Waals surface area contributed by atoms with Gasteiger partial charge in [-0.05, 0) is 33.1 Å². The predicted molar refractivity (Wildman–Crippen MR) is 65.7 cm³/mol. The van der Waals surface area contributed by atoms with Gasteiger partial charge < -0.3 is 0 Å². The molecule has 2 aromatic rings. The molecule has 0 aliphatic heterocycles. The quantitative estimate of drug-likeness (QED) is 0.792. The Kier molecular flexibility index (Phi) is 2.42. The van der Waals surface area contributed by atoms with Crippen LogP contribution in [0.15, 0.2) is 18.6 Å². The van der Waals surface area contributed by atoms with E-state index in [2.05, 4.69) is 28.5 Å². The van der Waals surface area contributed by atoms with Crippen molar-refractivity contribution in [1.29, 1.82) is 0 Å². The highest BCUT2D eigenvalue weighted by molar-refractivity contribution is 5.60. The Balaban J connectivity index is 2.16. The van der Waals surface area contributed by atoms with E-state index in [9.17, 15) is 0 Å². The van der Waals surface area contributed by atoms with E-state index in [1.54, 1.807) is 18.6 Å². The van der Waals surface area contributed by atoms with Crippen LogP contribution in [0, 0.1) is 0 Å². The number of fused-ring (bicyclic) bond motifs is 1. The van der Waals surface area contributed by atoms with Gasteiger partial charge in [0.25, 0.3) is 0 Å². The van der Waals surface area contributed by atoms with E-state index >= 15 is 0 Å². The molecule has 1 aliphatic carbocycles. The van der Waals surface area contributed by atoms with Crippen LogP contribution in [-0.4, -0.2) is 19.7 Å². The summed E-state index contributed by atoms with van der Waals surface area (Å²) < 4.78 is 2.15. The molecule has 0 N–H and O–H groups in total. The van der Waals surface area contributed by atoms with Crippen LogP contribution in [0.25, 0.3) is 11.4 Å².